The number of anilines is 1. The van der Waals surface area contributed by atoms with Crippen molar-refractivity contribution >= 4 is 17.5 Å². The average molecular weight is 318 g/mol. The van der Waals surface area contributed by atoms with E-state index in [9.17, 15) is 9.59 Å². The first-order valence-corrected chi connectivity index (χ1v) is 8.31. The van der Waals surface area contributed by atoms with Crippen LogP contribution in [0.25, 0.3) is 0 Å². The minimum absolute atomic E-state index is 0.0708. The first kappa shape index (κ1) is 17.4. The van der Waals surface area contributed by atoms with E-state index in [-0.39, 0.29) is 23.8 Å². The summed E-state index contributed by atoms with van der Waals surface area (Å²) < 4.78 is 0. The quantitative estimate of drug-likeness (QED) is 0.899. The molecule has 2 rings (SSSR count). The Bertz CT molecular complexity index is 546. The predicted octanol–water partition coefficient (Wildman–Crippen LogP) is 2.06. The zero-order valence-corrected chi connectivity index (χ0v) is 14.4. The predicted molar refractivity (Wildman–Crippen MR) is 89.4 cm³/mol. The summed E-state index contributed by atoms with van der Waals surface area (Å²) >= 11 is 0. The number of ketones is 1. The van der Waals surface area contributed by atoms with Gasteiger partial charge in [-0.3, -0.25) is 9.59 Å². The topological polar surface area (TPSA) is 75.2 Å². The molecule has 126 valence electrons. The van der Waals surface area contributed by atoms with Crippen molar-refractivity contribution in [3.63, 3.8) is 0 Å². The van der Waals surface area contributed by atoms with Gasteiger partial charge >= 0.3 is 0 Å². The van der Waals surface area contributed by atoms with Crippen molar-refractivity contribution in [1.29, 1.82) is 0 Å². The number of Topliss-reactive ketones (excluding diaryl/α,β-unsaturated/α-hetero) is 1. The van der Waals surface area contributed by atoms with Crippen LogP contribution in [-0.2, 0) is 4.79 Å². The summed E-state index contributed by atoms with van der Waals surface area (Å²) in [6, 6.07) is 3.60. The summed E-state index contributed by atoms with van der Waals surface area (Å²) in [6.45, 7) is 9.33. The Hall–Kier alpha value is -1.98. The number of amides is 1. The summed E-state index contributed by atoms with van der Waals surface area (Å²) in [5.41, 5.74) is 0.326. The Morgan fingerprint density at radius 2 is 1.78 bits per heavy atom. The molecule has 1 amide bonds. The Labute approximate surface area is 137 Å². The van der Waals surface area contributed by atoms with Gasteiger partial charge in [0, 0.05) is 31.0 Å². The molecule has 0 aliphatic carbocycles. The molecule has 23 heavy (non-hydrogen) atoms. The van der Waals surface area contributed by atoms with Crippen LogP contribution in [0.3, 0.4) is 0 Å². The number of hydrogen-bond acceptors (Lipinski definition) is 5. The van der Waals surface area contributed by atoms with Gasteiger partial charge in [-0.1, -0.05) is 13.8 Å². The molecule has 0 unspecified atom stereocenters. The lowest BCUT2D eigenvalue weighted by Crippen LogP contribution is -2.38. The van der Waals surface area contributed by atoms with Crippen LogP contribution in [0.15, 0.2) is 12.1 Å². The van der Waals surface area contributed by atoms with Crippen molar-refractivity contribution in [1.82, 2.24) is 15.5 Å². The smallest absolute Gasteiger partial charge is 0.271 e. The third-order valence-corrected chi connectivity index (χ3v) is 4.09. The molecule has 0 atom stereocenters. The molecule has 1 aliphatic rings. The normalized spacial score (nSPS) is 16.0. The van der Waals surface area contributed by atoms with E-state index in [4.69, 9.17) is 0 Å². The Morgan fingerprint density at radius 1 is 1.13 bits per heavy atom. The summed E-state index contributed by atoms with van der Waals surface area (Å²) in [5.74, 6) is 1.18. The van der Waals surface area contributed by atoms with Crippen molar-refractivity contribution in [2.45, 2.75) is 46.6 Å². The fourth-order valence-corrected chi connectivity index (χ4v) is 2.82. The van der Waals surface area contributed by atoms with E-state index in [1.54, 1.807) is 6.07 Å². The third-order valence-electron chi connectivity index (χ3n) is 4.09. The van der Waals surface area contributed by atoms with Gasteiger partial charge in [0.15, 0.2) is 11.5 Å². The number of hydrogen-bond donors (Lipinski definition) is 1. The molecule has 0 aromatic carbocycles. The van der Waals surface area contributed by atoms with Gasteiger partial charge in [-0.25, -0.2) is 0 Å². The molecule has 0 bridgehead atoms. The van der Waals surface area contributed by atoms with E-state index in [1.807, 2.05) is 33.8 Å². The van der Waals surface area contributed by atoms with E-state index in [2.05, 4.69) is 20.4 Å². The van der Waals surface area contributed by atoms with Crippen molar-refractivity contribution in [2.75, 3.05) is 18.0 Å². The second-order valence-corrected chi connectivity index (χ2v) is 6.72. The van der Waals surface area contributed by atoms with Crippen molar-refractivity contribution in [3.05, 3.63) is 17.8 Å². The average Bonchev–Trinajstić information content (AvgIpc) is 2.53. The van der Waals surface area contributed by atoms with Crippen molar-refractivity contribution in [2.24, 2.45) is 11.8 Å². The summed E-state index contributed by atoms with van der Waals surface area (Å²) in [6.07, 6.45) is 1.71. The monoisotopic (exact) mass is 318 g/mol. The first-order chi connectivity index (χ1) is 10.9. The Morgan fingerprint density at radius 3 is 2.26 bits per heavy atom. The molecule has 0 spiro atoms. The van der Waals surface area contributed by atoms with Crippen molar-refractivity contribution < 1.29 is 9.59 Å². The number of nitrogens with one attached hydrogen (secondary N) is 1. The van der Waals surface area contributed by atoms with Crippen LogP contribution in [-0.4, -0.2) is 41.0 Å². The lowest BCUT2D eigenvalue weighted by atomic mass is 9.87. The number of rotatable bonds is 5. The van der Waals surface area contributed by atoms with Gasteiger partial charge in [-0.2, -0.15) is 0 Å². The van der Waals surface area contributed by atoms with E-state index in [1.165, 1.54) is 0 Å². The van der Waals surface area contributed by atoms with E-state index < -0.39 is 0 Å². The largest absolute Gasteiger partial charge is 0.355 e. The molecule has 1 aliphatic heterocycles. The molecule has 2 heterocycles. The number of carbonyl (C=O) groups is 2. The molecule has 1 aromatic heterocycles. The van der Waals surface area contributed by atoms with Gasteiger partial charge in [-0.15, -0.1) is 10.2 Å². The molecular formula is C17H26N4O2. The highest BCUT2D eigenvalue weighted by atomic mass is 16.2. The highest BCUT2D eigenvalue weighted by Gasteiger charge is 2.27. The fourth-order valence-electron chi connectivity index (χ4n) is 2.82. The summed E-state index contributed by atoms with van der Waals surface area (Å²) in [5, 5.41) is 11.0. The maximum absolute atomic E-state index is 12.1. The van der Waals surface area contributed by atoms with Gasteiger partial charge < -0.3 is 10.2 Å². The molecule has 1 fully saturated rings. The summed E-state index contributed by atoms with van der Waals surface area (Å²) in [7, 11) is 0. The van der Waals surface area contributed by atoms with Gasteiger partial charge in [0.05, 0.1) is 0 Å². The molecular weight excluding hydrogens is 292 g/mol. The van der Waals surface area contributed by atoms with Crippen molar-refractivity contribution in [3.8, 4) is 0 Å². The van der Waals surface area contributed by atoms with E-state index in [0.29, 0.717) is 11.5 Å². The molecule has 1 aromatic rings. The van der Waals surface area contributed by atoms with E-state index in [0.717, 1.165) is 31.7 Å². The van der Waals surface area contributed by atoms with Crippen LogP contribution >= 0.6 is 0 Å². The zero-order valence-electron chi connectivity index (χ0n) is 14.4. The van der Waals surface area contributed by atoms with Crippen LogP contribution in [0.1, 0.15) is 51.0 Å². The standard InChI is InChI=1S/C17H26N4O2/c1-11(2)16(22)13-7-9-21(10-8-13)15-6-5-14(19-20-15)17(23)18-12(3)4/h5-6,11-13H,7-10H2,1-4H3,(H,18,23). The Kier molecular flexibility index (Phi) is 5.69. The van der Waals surface area contributed by atoms with Crippen LogP contribution < -0.4 is 10.2 Å². The van der Waals surface area contributed by atoms with Gasteiger partial charge in [0.25, 0.3) is 5.91 Å². The SMILES string of the molecule is CC(C)NC(=O)c1ccc(N2CCC(C(=O)C(C)C)CC2)nn1. The molecule has 1 N–H and O–H groups in total. The lowest BCUT2D eigenvalue weighted by molar-refractivity contribution is -0.126. The number of aromatic nitrogens is 2. The highest BCUT2D eigenvalue weighted by molar-refractivity contribution is 5.92. The molecule has 0 saturated carbocycles. The van der Waals surface area contributed by atoms with Crippen LogP contribution in [0, 0.1) is 11.8 Å². The molecule has 1 saturated heterocycles. The first-order valence-electron chi connectivity index (χ1n) is 8.31. The maximum atomic E-state index is 12.1. The zero-order chi connectivity index (χ0) is 17.0. The second-order valence-electron chi connectivity index (χ2n) is 6.72. The Balaban J connectivity index is 1.94. The minimum atomic E-state index is -0.208. The molecule has 6 heteroatoms. The van der Waals surface area contributed by atoms with Gasteiger partial charge in [0.1, 0.15) is 5.78 Å². The second kappa shape index (κ2) is 7.53. The lowest BCUT2D eigenvalue weighted by Gasteiger charge is -2.32. The molecule has 6 nitrogen and oxygen atoms in total. The fraction of sp³-hybridized carbons (Fsp3) is 0.647. The van der Waals surface area contributed by atoms with Crippen LogP contribution in [0.2, 0.25) is 0 Å². The van der Waals surface area contributed by atoms with Gasteiger partial charge in [-0.05, 0) is 38.8 Å². The van der Waals surface area contributed by atoms with Crippen LogP contribution in [0.4, 0.5) is 5.82 Å². The van der Waals surface area contributed by atoms with E-state index >= 15 is 0 Å². The van der Waals surface area contributed by atoms with Crippen LogP contribution in [0.5, 0.6) is 0 Å². The maximum Gasteiger partial charge on any atom is 0.271 e. The minimum Gasteiger partial charge on any atom is -0.355 e. The number of carbonyl (C=O) groups excluding carboxylic acids is 2. The highest BCUT2D eigenvalue weighted by Crippen LogP contribution is 2.24. The third kappa shape index (κ3) is 4.50. The molecule has 0 radical (unpaired) electrons. The number of nitrogens with zero attached hydrogens (tertiary/aromatic N) is 3. The van der Waals surface area contributed by atoms with Gasteiger partial charge in [0.2, 0.25) is 0 Å². The summed E-state index contributed by atoms with van der Waals surface area (Å²) in [4.78, 5) is 26.0. The number of piperidine rings is 1.